The third kappa shape index (κ3) is 4.54. The van der Waals surface area contributed by atoms with Crippen LogP contribution in [0.4, 0.5) is 0 Å². The van der Waals surface area contributed by atoms with Crippen molar-refractivity contribution >= 4 is 16.9 Å². The predicted molar refractivity (Wildman–Crippen MR) is 104 cm³/mol. The largest absolute Gasteiger partial charge is 0.388 e. The van der Waals surface area contributed by atoms with Gasteiger partial charge in [-0.1, -0.05) is 25.0 Å². The Balaban J connectivity index is 1.57. The van der Waals surface area contributed by atoms with Crippen LogP contribution in [0, 0.1) is 6.92 Å². The Labute approximate surface area is 149 Å². The minimum atomic E-state index is -0.600. The van der Waals surface area contributed by atoms with Crippen LogP contribution in [0.5, 0.6) is 0 Å². The van der Waals surface area contributed by atoms with Crippen molar-refractivity contribution in [3.05, 3.63) is 35.5 Å². The van der Waals surface area contributed by atoms with Crippen LogP contribution in [0.3, 0.4) is 0 Å². The van der Waals surface area contributed by atoms with E-state index in [9.17, 15) is 5.11 Å². The van der Waals surface area contributed by atoms with Gasteiger partial charge in [0.15, 0.2) is 5.96 Å². The number of nitrogens with zero attached hydrogens (tertiary/aromatic N) is 1. The Kier molecular flexibility index (Phi) is 5.63. The highest BCUT2D eigenvalue weighted by Crippen LogP contribution is 2.29. The van der Waals surface area contributed by atoms with E-state index >= 15 is 0 Å². The number of rotatable bonds is 6. The average molecular weight is 342 g/mol. The normalized spacial score (nSPS) is 17.2. The van der Waals surface area contributed by atoms with E-state index in [1.165, 1.54) is 22.0 Å². The quantitative estimate of drug-likeness (QED) is 0.482. The van der Waals surface area contributed by atoms with E-state index in [-0.39, 0.29) is 0 Å². The van der Waals surface area contributed by atoms with Crippen LogP contribution in [0.15, 0.2) is 29.4 Å². The van der Waals surface area contributed by atoms with Crippen molar-refractivity contribution in [1.82, 2.24) is 15.6 Å². The molecule has 0 bridgehead atoms. The molecule has 3 rings (SSSR count). The maximum Gasteiger partial charge on any atom is 0.191 e. The summed E-state index contributed by atoms with van der Waals surface area (Å²) in [7, 11) is 0. The second-order valence-electron chi connectivity index (χ2n) is 7.17. The monoisotopic (exact) mass is 342 g/mol. The van der Waals surface area contributed by atoms with Gasteiger partial charge >= 0.3 is 0 Å². The number of aromatic amines is 1. The molecule has 5 nitrogen and oxygen atoms in total. The van der Waals surface area contributed by atoms with Gasteiger partial charge in [0.1, 0.15) is 0 Å². The highest BCUT2D eigenvalue weighted by molar-refractivity contribution is 5.84. The molecule has 1 aromatic heterocycles. The van der Waals surface area contributed by atoms with E-state index in [0.29, 0.717) is 6.54 Å². The van der Waals surface area contributed by atoms with Crippen LogP contribution in [0.2, 0.25) is 0 Å². The molecule has 4 N–H and O–H groups in total. The molecular formula is C20H30N4O. The average Bonchev–Trinajstić information content (AvgIpc) is 3.19. The molecule has 1 fully saturated rings. The minimum Gasteiger partial charge on any atom is -0.388 e. The van der Waals surface area contributed by atoms with Crippen molar-refractivity contribution in [2.45, 2.75) is 51.6 Å². The van der Waals surface area contributed by atoms with Crippen molar-refractivity contribution in [2.75, 3.05) is 19.6 Å². The zero-order valence-corrected chi connectivity index (χ0v) is 15.4. The van der Waals surface area contributed by atoms with Crippen molar-refractivity contribution in [3.63, 3.8) is 0 Å². The van der Waals surface area contributed by atoms with Crippen LogP contribution < -0.4 is 10.6 Å². The number of aliphatic imine (C=N–C) groups is 1. The number of hydrogen-bond donors (Lipinski definition) is 4. The summed E-state index contributed by atoms with van der Waals surface area (Å²) in [5, 5.41) is 18.4. The van der Waals surface area contributed by atoms with Crippen molar-refractivity contribution in [3.8, 4) is 0 Å². The fraction of sp³-hybridized carbons (Fsp3) is 0.550. The lowest BCUT2D eigenvalue weighted by atomic mass is 10.0. The third-order valence-electron chi connectivity index (χ3n) is 5.02. The lowest BCUT2D eigenvalue weighted by molar-refractivity contribution is 0.0574. The summed E-state index contributed by atoms with van der Waals surface area (Å²) in [5.74, 6) is 0.790. The molecule has 5 heteroatoms. The number of nitrogens with one attached hydrogen (secondary N) is 3. The van der Waals surface area contributed by atoms with E-state index in [1.807, 2.05) is 0 Å². The molecular weight excluding hydrogens is 312 g/mol. The Morgan fingerprint density at radius 3 is 2.84 bits per heavy atom. The van der Waals surface area contributed by atoms with Gasteiger partial charge in [-0.25, -0.2) is 0 Å². The van der Waals surface area contributed by atoms with Gasteiger partial charge in [0.05, 0.1) is 12.1 Å². The first kappa shape index (κ1) is 17.8. The van der Waals surface area contributed by atoms with Gasteiger partial charge in [-0.2, -0.15) is 0 Å². The first-order valence-corrected chi connectivity index (χ1v) is 9.41. The summed E-state index contributed by atoms with van der Waals surface area (Å²) in [6, 6.07) is 6.52. The molecule has 1 saturated carbocycles. The summed E-state index contributed by atoms with van der Waals surface area (Å²) in [6.45, 7) is 6.28. The van der Waals surface area contributed by atoms with Crippen LogP contribution in [-0.2, 0) is 6.42 Å². The SMILES string of the molecule is CCNC(=NCC1(O)CCCC1)NCCc1c[nH]c2cc(C)ccc12. The first-order chi connectivity index (χ1) is 12.1. The second-order valence-corrected chi connectivity index (χ2v) is 7.17. The zero-order valence-electron chi connectivity index (χ0n) is 15.4. The number of H-pyrrole nitrogens is 1. The molecule has 1 aromatic carbocycles. The highest BCUT2D eigenvalue weighted by atomic mass is 16.3. The predicted octanol–water partition coefficient (Wildman–Crippen LogP) is 2.88. The van der Waals surface area contributed by atoms with Crippen molar-refractivity contribution in [2.24, 2.45) is 4.99 Å². The van der Waals surface area contributed by atoms with Gasteiger partial charge in [-0.3, -0.25) is 4.99 Å². The van der Waals surface area contributed by atoms with E-state index in [0.717, 1.165) is 51.2 Å². The number of hydrogen-bond acceptors (Lipinski definition) is 2. The Hall–Kier alpha value is -2.01. The number of benzene rings is 1. The number of aromatic nitrogens is 1. The number of fused-ring (bicyclic) bond motifs is 1. The molecule has 0 amide bonds. The van der Waals surface area contributed by atoms with Gasteiger partial charge in [0.2, 0.25) is 0 Å². The van der Waals surface area contributed by atoms with Crippen LogP contribution in [0.1, 0.15) is 43.7 Å². The van der Waals surface area contributed by atoms with Gasteiger partial charge in [0, 0.05) is 30.2 Å². The molecule has 25 heavy (non-hydrogen) atoms. The van der Waals surface area contributed by atoms with E-state index in [4.69, 9.17) is 0 Å². The van der Waals surface area contributed by atoms with Crippen LogP contribution >= 0.6 is 0 Å². The Bertz CT molecular complexity index is 728. The van der Waals surface area contributed by atoms with Gasteiger partial charge in [-0.15, -0.1) is 0 Å². The Morgan fingerprint density at radius 1 is 1.28 bits per heavy atom. The fourth-order valence-corrected chi connectivity index (χ4v) is 3.58. The Morgan fingerprint density at radius 2 is 2.08 bits per heavy atom. The lowest BCUT2D eigenvalue weighted by Crippen LogP contribution is -2.40. The van der Waals surface area contributed by atoms with E-state index < -0.39 is 5.60 Å². The summed E-state index contributed by atoms with van der Waals surface area (Å²) < 4.78 is 0. The molecule has 0 unspecified atom stereocenters. The fourth-order valence-electron chi connectivity index (χ4n) is 3.58. The molecule has 1 heterocycles. The van der Waals surface area contributed by atoms with Gasteiger partial charge < -0.3 is 20.7 Å². The molecule has 0 radical (unpaired) electrons. The first-order valence-electron chi connectivity index (χ1n) is 9.41. The summed E-state index contributed by atoms with van der Waals surface area (Å²) in [5.41, 5.74) is 3.18. The molecule has 0 atom stereocenters. The molecule has 0 spiro atoms. The van der Waals surface area contributed by atoms with Crippen molar-refractivity contribution in [1.29, 1.82) is 0 Å². The summed E-state index contributed by atoms with van der Waals surface area (Å²) in [6.07, 6.45) is 6.97. The number of aliphatic hydroxyl groups is 1. The summed E-state index contributed by atoms with van der Waals surface area (Å²) >= 11 is 0. The molecule has 1 aliphatic rings. The van der Waals surface area contributed by atoms with Crippen molar-refractivity contribution < 1.29 is 5.11 Å². The van der Waals surface area contributed by atoms with Crippen LogP contribution in [0.25, 0.3) is 10.9 Å². The van der Waals surface area contributed by atoms with Gasteiger partial charge in [0.25, 0.3) is 0 Å². The molecule has 2 aromatic rings. The van der Waals surface area contributed by atoms with Gasteiger partial charge in [-0.05, 0) is 50.3 Å². The lowest BCUT2D eigenvalue weighted by Gasteiger charge is -2.20. The smallest absolute Gasteiger partial charge is 0.191 e. The number of guanidine groups is 1. The molecule has 0 aliphatic heterocycles. The number of aryl methyl sites for hydroxylation is 1. The maximum absolute atomic E-state index is 10.5. The summed E-state index contributed by atoms with van der Waals surface area (Å²) in [4.78, 5) is 7.95. The van der Waals surface area contributed by atoms with E-state index in [1.54, 1.807) is 0 Å². The van der Waals surface area contributed by atoms with Crippen LogP contribution in [-0.4, -0.2) is 41.3 Å². The molecule has 0 saturated heterocycles. The topological polar surface area (TPSA) is 72.4 Å². The highest BCUT2D eigenvalue weighted by Gasteiger charge is 2.30. The second kappa shape index (κ2) is 7.91. The molecule has 136 valence electrons. The third-order valence-corrected chi connectivity index (χ3v) is 5.02. The standard InChI is InChI=1S/C20H30N4O/c1-3-21-19(24-14-20(25)9-4-5-10-20)22-11-8-16-13-23-18-12-15(2)6-7-17(16)18/h6-7,12-13,23,25H,3-5,8-11,14H2,1-2H3,(H2,21,22,24). The molecule has 1 aliphatic carbocycles. The zero-order chi connectivity index (χ0) is 17.7. The van der Waals surface area contributed by atoms with E-state index in [2.05, 4.69) is 58.9 Å². The maximum atomic E-state index is 10.5. The minimum absolute atomic E-state index is 0.481.